The normalized spacial score (nSPS) is 13.7. The van der Waals surface area contributed by atoms with Gasteiger partial charge in [-0.05, 0) is 37.1 Å². The number of phenolic OH excluding ortho intramolecular Hbond substituents is 1. The molecule has 0 saturated heterocycles. The van der Waals surface area contributed by atoms with Crippen molar-refractivity contribution in [1.29, 1.82) is 0 Å². The van der Waals surface area contributed by atoms with Gasteiger partial charge in [0, 0.05) is 24.7 Å². The summed E-state index contributed by atoms with van der Waals surface area (Å²) in [6.45, 7) is 0.458. The molecule has 1 aliphatic heterocycles. The molecule has 4 rings (SSSR count). The second-order valence-electron chi connectivity index (χ2n) is 7.07. The first-order valence-electron chi connectivity index (χ1n) is 9.35. The van der Waals surface area contributed by atoms with Crippen LogP contribution in [0.3, 0.4) is 0 Å². The highest BCUT2D eigenvalue weighted by Gasteiger charge is 2.30. The quantitative estimate of drug-likeness (QED) is 0.616. The third-order valence-electron chi connectivity index (χ3n) is 4.96. The predicted octanol–water partition coefficient (Wildman–Crippen LogP) is 3.49. The summed E-state index contributed by atoms with van der Waals surface area (Å²) < 4.78 is 55.5. The predicted molar refractivity (Wildman–Crippen MR) is 102 cm³/mol. The van der Waals surface area contributed by atoms with E-state index < -0.39 is 40.5 Å². The van der Waals surface area contributed by atoms with Crippen LogP contribution in [-0.4, -0.2) is 25.4 Å². The molecule has 0 bridgehead atoms. The van der Waals surface area contributed by atoms with E-state index in [0.717, 1.165) is 41.8 Å². The number of fused-ring (bicyclic) bond motifs is 1. The van der Waals surface area contributed by atoms with Crippen molar-refractivity contribution in [2.45, 2.75) is 32.0 Å². The van der Waals surface area contributed by atoms with Crippen LogP contribution in [0.1, 0.15) is 34.6 Å². The largest absolute Gasteiger partial charge is 0.507 e. The maximum Gasteiger partial charge on any atom is 0.416 e. The Balaban J connectivity index is 1.64. The highest BCUT2D eigenvalue weighted by molar-refractivity contribution is 6.06. The number of aromatic hydroxyl groups is 1. The van der Waals surface area contributed by atoms with Gasteiger partial charge in [0.25, 0.3) is 5.91 Å². The summed E-state index contributed by atoms with van der Waals surface area (Å²) >= 11 is 0. The van der Waals surface area contributed by atoms with Crippen molar-refractivity contribution in [3.8, 4) is 11.4 Å². The molecule has 2 aromatic carbocycles. The molecular formula is C20H16F4N4O3. The summed E-state index contributed by atoms with van der Waals surface area (Å²) in [7, 11) is 0. The van der Waals surface area contributed by atoms with Crippen LogP contribution < -0.4 is 11.0 Å². The van der Waals surface area contributed by atoms with E-state index in [1.165, 1.54) is 10.6 Å². The van der Waals surface area contributed by atoms with Gasteiger partial charge in [0.15, 0.2) is 0 Å². The number of hydrogen-bond acceptors (Lipinski definition) is 4. The first-order chi connectivity index (χ1) is 14.6. The molecular weight excluding hydrogens is 420 g/mol. The minimum atomic E-state index is -4.60. The van der Waals surface area contributed by atoms with Crippen molar-refractivity contribution in [2.24, 2.45) is 0 Å². The summed E-state index contributed by atoms with van der Waals surface area (Å²) in [5.41, 5.74) is -2.55. The van der Waals surface area contributed by atoms with Gasteiger partial charge in [0.1, 0.15) is 23.1 Å². The number of nitrogens with one attached hydrogen (secondary N) is 1. The molecule has 31 heavy (non-hydrogen) atoms. The third kappa shape index (κ3) is 3.90. The lowest BCUT2D eigenvalue weighted by molar-refractivity contribution is -0.137. The van der Waals surface area contributed by atoms with Crippen LogP contribution in [0.2, 0.25) is 0 Å². The lowest BCUT2D eigenvalue weighted by Gasteiger charge is -2.11. The molecule has 1 aromatic heterocycles. The Labute approximate surface area is 172 Å². The number of hydrogen-bond donors (Lipinski definition) is 2. The fourth-order valence-electron chi connectivity index (χ4n) is 3.42. The molecule has 1 aliphatic rings. The molecule has 11 heteroatoms. The first kappa shape index (κ1) is 20.6. The smallest absolute Gasteiger partial charge is 0.416 e. The van der Waals surface area contributed by atoms with Gasteiger partial charge in [-0.15, -0.1) is 5.10 Å². The van der Waals surface area contributed by atoms with E-state index in [1.54, 1.807) is 0 Å². The fraction of sp³-hybridized carbons (Fsp3) is 0.250. The van der Waals surface area contributed by atoms with E-state index in [1.807, 2.05) is 0 Å². The summed E-state index contributed by atoms with van der Waals surface area (Å²) in [6.07, 6.45) is -2.40. The topological polar surface area (TPSA) is 89.2 Å². The molecule has 0 unspecified atom stereocenters. The number of amides is 1. The highest BCUT2D eigenvalue weighted by Crippen LogP contribution is 2.31. The second kappa shape index (κ2) is 7.56. The molecule has 0 saturated carbocycles. The SMILES string of the molecule is O=C(Nc1cccc(C(F)(F)F)c1)c1cc(F)c(-n2nc3n(c2=O)CCCC3)cc1O. The van der Waals surface area contributed by atoms with E-state index in [4.69, 9.17) is 0 Å². The van der Waals surface area contributed by atoms with Gasteiger partial charge in [-0.3, -0.25) is 9.36 Å². The van der Waals surface area contributed by atoms with Gasteiger partial charge in [-0.25, -0.2) is 9.18 Å². The molecule has 0 fully saturated rings. The number of carbonyl (C=O) groups excluding carboxylic acids is 1. The number of rotatable bonds is 3. The molecule has 1 amide bonds. The Morgan fingerprint density at radius 1 is 1.16 bits per heavy atom. The minimum absolute atomic E-state index is 0.179. The number of benzene rings is 2. The van der Waals surface area contributed by atoms with Crippen molar-refractivity contribution >= 4 is 11.6 Å². The molecule has 2 N–H and O–H groups in total. The monoisotopic (exact) mass is 436 g/mol. The number of alkyl halides is 3. The van der Waals surface area contributed by atoms with Gasteiger partial charge in [0.2, 0.25) is 0 Å². The number of aryl methyl sites for hydroxylation is 1. The number of halogens is 4. The van der Waals surface area contributed by atoms with Crippen LogP contribution in [0.5, 0.6) is 5.75 Å². The van der Waals surface area contributed by atoms with Crippen LogP contribution >= 0.6 is 0 Å². The van der Waals surface area contributed by atoms with E-state index in [-0.39, 0.29) is 11.4 Å². The Morgan fingerprint density at radius 3 is 2.65 bits per heavy atom. The second-order valence-corrected chi connectivity index (χ2v) is 7.07. The first-order valence-corrected chi connectivity index (χ1v) is 9.35. The maximum atomic E-state index is 14.7. The number of nitrogens with zero attached hydrogens (tertiary/aromatic N) is 3. The average Bonchev–Trinajstić information content (AvgIpc) is 3.05. The molecule has 0 aliphatic carbocycles. The van der Waals surface area contributed by atoms with E-state index in [9.17, 15) is 32.3 Å². The standard InChI is InChI=1S/C20H16F4N4O3/c21-14-9-13(18(30)25-12-5-3-4-11(8-12)20(22,23)24)16(29)10-15(14)28-19(31)27-7-2-1-6-17(27)26-28/h3-5,8-10,29H,1-2,6-7H2,(H,25,30). The molecule has 0 atom stereocenters. The van der Waals surface area contributed by atoms with Crippen molar-refractivity contribution in [3.63, 3.8) is 0 Å². The summed E-state index contributed by atoms with van der Waals surface area (Å²) in [5.74, 6) is -2.16. The number of phenols is 1. The molecule has 162 valence electrons. The van der Waals surface area contributed by atoms with Crippen molar-refractivity contribution in [1.82, 2.24) is 14.3 Å². The molecule has 2 heterocycles. The Morgan fingerprint density at radius 2 is 1.94 bits per heavy atom. The molecule has 0 radical (unpaired) electrons. The van der Waals surface area contributed by atoms with E-state index in [0.29, 0.717) is 24.9 Å². The van der Waals surface area contributed by atoms with Gasteiger partial charge in [-0.2, -0.15) is 17.9 Å². The molecule has 3 aromatic rings. The van der Waals surface area contributed by atoms with Crippen molar-refractivity contribution in [3.05, 3.63) is 69.7 Å². The zero-order valence-corrected chi connectivity index (χ0v) is 15.9. The fourth-order valence-corrected chi connectivity index (χ4v) is 3.42. The summed E-state index contributed by atoms with van der Waals surface area (Å²) in [4.78, 5) is 24.9. The van der Waals surface area contributed by atoms with Crippen LogP contribution in [0.15, 0.2) is 41.2 Å². The maximum absolute atomic E-state index is 14.7. The molecule has 0 spiro atoms. The Hall–Kier alpha value is -3.63. The number of carbonyl (C=O) groups is 1. The lowest BCUT2D eigenvalue weighted by Crippen LogP contribution is -2.26. The number of aromatic nitrogens is 3. The third-order valence-corrected chi connectivity index (χ3v) is 4.96. The van der Waals surface area contributed by atoms with Crippen molar-refractivity contribution in [2.75, 3.05) is 5.32 Å². The number of anilines is 1. The van der Waals surface area contributed by atoms with Gasteiger partial charge in [0.05, 0.1) is 11.1 Å². The Bertz CT molecular complexity index is 1230. The summed E-state index contributed by atoms with van der Waals surface area (Å²) in [6, 6.07) is 5.48. The van der Waals surface area contributed by atoms with Gasteiger partial charge in [-0.1, -0.05) is 6.07 Å². The zero-order valence-electron chi connectivity index (χ0n) is 15.9. The van der Waals surface area contributed by atoms with Gasteiger partial charge >= 0.3 is 11.9 Å². The highest BCUT2D eigenvalue weighted by atomic mass is 19.4. The minimum Gasteiger partial charge on any atom is -0.507 e. The summed E-state index contributed by atoms with van der Waals surface area (Å²) in [5, 5.41) is 16.5. The average molecular weight is 436 g/mol. The van der Waals surface area contributed by atoms with Crippen LogP contribution in [-0.2, 0) is 19.1 Å². The molecule has 7 nitrogen and oxygen atoms in total. The van der Waals surface area contributed by atoms with Gasteiger partial charge < -0.3 is 10.4 Å². The van der Waals surface area contributed by atoms with Crippen LogP contribution in [0.4, 0.5) is 23.2 Å². The van der Waals surface area contributed by atoms with Crippen LogP contribution in [0.25, 0.3) is 5.69 Å². The van der Waals surface area contributed by atoms with Crippen molar-refractivity contribution < 1.29 is 27.5 Å². The Kier molecular flexibility index (Phi) is 5.03. The zero-order chi connectivity index (χ0) is 22.3. The van der Waals surface area contributed by atoms with E-state index in [2.05, 4.69) is 10.4 Å². The van der Waals surface area contributed by atoms with E-state index >= 15 is 0 Å². The van der Waals surface area contributed by atoms with Crippen LogP contribution in [0, 0.1) is 5.82 Å². The lowest BCUT2D eigenvalue weighted by atomic mass is 10.1.